The van der Waals surface area contributed by atoms with Crippen LogP contribution in [-0.4, -0.2) is 103 Å². The second kappa shape index (κ2) is 32.5. The van der Waals surface area contributed by atoms with Gasteiger partial charge in [0.15, 0.2) is 0 Å². The monoisotopic (exact) mass is 1540 g/mol. The average molecular weight is 1540 g/mol. The average Bonchev–Trinajstić information content (AvgIpc) is 1.58. The highest BCUT2D eigenvalue weighted by molar-refractivity contribution is 8.02. The molecule has 24 atom stereocenters. The van der Waals surface area contributed by atoms with Crippen LogP contribution in [0, 0.1) is 103 Å². The molecule has 5 heterocycles. The highest BCUT2D eigenvalue weighted by Crippen LogP contribution is 2.59. The molecule has 9 aliphatic rings. The van der Waals surface area contributed by atoms with Crippen LogP contribution in [0.2, 0.25) is 0 Å². The molecule has 9 fully saturated rings. The molecular formula is C89H106N8S8. The lowest BCUT2D eigenvalue weighted by molar-refractivity contribution is 0.116. The minimum atomic E-state index is 0.00739. The van der Waals surface area contributed by atoms with Gasteiger partial charge in [-0.3, -0.25) is 42.1 Å². The molecule has 0 radical (unpaired) electrons. The summed E-state index contributed by atoms with van der Waals surface area (Å²) in [6.45, 7) is 17.9. The maximum absolute atomic E-state index is 4.89. The van der Waals surface area contributed by atoms with Crippen LogP contribution in [0.25, 0.3) is 0 Å². The van der Waals surface area contributed by atoms with Crippen molar-refractivity contribution >= 4 is 94.1 Å². The van der Waals surface area contributed by atoms with E-state index in [2.05, 4.69) is 356 Å². The first-order chi connectivity index (χ1) is 51.1. The molecule has 4 saturated carbocycles. The Hall–Kier alpha value is -3.76. The first-order valence-electron chi connectivity index (χ1n) is 39.0. The molecule has 8 bridgehead atoms. The zero-order valence-electron chi connectivity index (χ0n) is 62.2. The molecule has 8 aromatic rings. The highest BCUT2D eigenvalue weighted by Gasteiger charge is 2.63. The molecule has 5 saturated heterocycles. The van der Waals surface area contributed by atoms with Crippen molar-refractivity contribution in [2.45, 2.75) is 237 Å². The van der Waals surface area contributed by atoms with Gasteiger partial charge in [-0.1, -0.05) is 142 Å². The van der Waals surface area contributed by atoms with Gasteiger partial charge in [0.1, 0.15) is 0 Å². The summed E-state index contributed by atoms with van der Waals surface area (Å²) in [5, 5.41) is 36.6. The summed E-state index contributed by atoms with van der Waals surface area (Å²) in [6.07, 6.45) is 9.41. The number of rotatable bonds is 16. The van der Waals surface area contributed by atoms with E-state index in [1.165, 1.54) is 83.7 Å². The van der Waals surface area contributed by atoms with Gasteiger partial charge >= 0.3 is 0 Å². The van der Waals surface area contributed by atoms with Crippen molar-refractivity contribution in [3.8, 4) is 0 Å². The molecule has 0 amide bonds. The Bertz CT molecular complexity index is 3940. The van der Waals surface area contributed by atoms with Crippen LogP contribution in [0.4, 0.5) is 0 Å². The molecular weight excluding hydrogens is 1440 g/mol. The highest BCUT2D eigenvalue weighted by atomic mass is 32.2. The zero-order chi connectivity index (χ0) is 71.6. The number of nitrogens with zero attached hydrogens (tertiary/aromatic N) is 1. The molecule has 0 spiro atoms. The Morgan fingerprint density at radius 1 is 0.200 bits per heavy atom. The number of hydrogen-bond acceptors (Lipinski definition) is 16. The van der Waals surface area contributed by atoms with E-state index >= 15 is 0 Å². The van der Waals surface area contributed by atoms with Gasteiger partial charge in [-0.2, -0.15) is 0 Å². The van der Waals surface area contributed by atoms with E-state index in [0.29, 0.717) is 89.3 Å². The molecule has 8 aromatic carbocycles. The van der Waals surface area contributed by atoms with Crippen LogP contribution in [0.15, 0.2) is 233 Å². The predicted octanol–water partition coefficient (Wildman–Crippen LogP) is 19.6. The minimum absolute atomic E-state index is 0.00739. The molecule has 550 valence electrons. The van der Waals surface area contributed by atoms with Crippen LogP contribution in [0.3, 0.4) is 0 Å². The Balaban J connectivity index is 0.851. The number of fused-ring (bicyclic) bond motifs is 20. The summed E-state index contributed by atoms with van der Waals surface area (Å²) in [5.74, 6) is 2.41. The number of benzene rings is 8. The molecule has 0 aromatic heterocycles. The fourth-order valence-electron chi connectivity index (χ4n) is 19.8. The van der Waals surface area contributed by atoms with E-state index in [4.69, 9.17) is 37.2 Å². The molecule has 5 aliphatic heterocycles. The maximum atomic E-state index is 4.89. The smallest absolute Gasteiger partial charge is 0.0663 e. The van der Waals surface area contributed by atoms with Crippen molar-refractivity contribution in [1.82, 2.24) is 42.1 Å². The number of thioether (sulfide) groups is 8. The largest absolute Gasteiger partial charge is 0.286 e. The van der Waals surface area contributed by atoms with Crippen LogP contribution in [0.5, 0.6) is 0 Å². The van der Waals surface area contributed by atoms with Crippen LogP contribution >= 0.6 is 94.1 Å². The van der Waals surface area contributed by atoms with Crippen molar-refractivity contribution in [3.63, 3.8) is 0 Å². The summed E-state index contributed by atoms with van der Waals surface area (Å²) in [5.41, 5.74) is 10.5. The fourth-order valence-corrected chi connectivity index (χ4v) is 31.0. The standard InChI is InChI=1S/C89H106N8S8/c1-50-10-26-58(27-11-50)98-66-42-43-67(99-59-28-12-51(2)13-29-59)75-74(66)82-90-83(75)92-85-77-69(101-61-32-16-53(4)17-33-61)45-47-71(103-63-36-20-55(6)21-37-63)79(77)87(94-85)96-89-81-73(105-65-40-24-57(8)25-41-65)49-48-72(104-64-38-22-56(7)23-39-64)80(81)88(97(89)9)95-86-78-70(102-62-34-18-54(5)19-35-62)46-44-68(76(78)84(91-82)93-86)100-60-30-14-52(3)15-31-60/h10-41,66-96H,42-49H2,1-9H3. The molecule has 24 unspecified atom stereocenters. The zero-order valence-corrected chi connectivity index (χ0v) is 68.7. The van der Waals surface area contributed by atoms with Gasteiger partial charge in [0.25, 0.3) is 0 Å². The number of aryl methyl sites for hydroxylation is 8. The van der Waals surface area contributed by atoms with Crippen LogP contribution < -0.4 is 37.2 Å². The Morgan fingerprint density at radius 3 is 0.486 bits per heavy atom. The summed E-state index contributed by atoms with van der Waals surface area (Å²) in [6, 6.07) is 76.1. The second-order valence-corrected chi connectivity index (χ2v) is 42.8. The van der Waals surface area contributed by atoms with Crippen LogP contribution in [-0.2, 0) is 0 Å². The summed E-state index contributed by atoms with van der Waals surface area (Å²) < 4.78 is 0. The van der Waals surface area contributed by atoms with E-state index in [-0.39, 0.29) is 49.3 Å². The molecule has 16 heteroatoms. The first kappa shape index (κ1) is 74.0. The third-order valence-electron chi connectivity index (χ3n) is 25.0. The second-order valence-electron chi connectivity index (χ2n) is 32.3. The van der Waals surface area contributed by atoms with Gasteiger partial charge in [-0.25, -0.2) is 0 Å². The van der Waals surface area contributed by atoms with Gasteiger partial charge in [0.05, 0.1) is 49.3 Å². The van der Waals surface area contributed by atoms with Crippen molar-refractivity contribution in [3.05, 3.63) is 239 Å². The predicted molar refractivity (Wildman–Crippen MR) is 451 cm³/mol. The van der Waals surface area contributed by atoms with E-state index in [0.717, 1.165) is 51.4 Å². The minimum Gasteiger partial charge on any atom is -0.286 e. The normalized spacial score (nSPS) is 35.0. The maximum Gasteiger partial charge on any atom is 0.0663 e. The van der Waals surface area contributed by atoms with E-state index in [1.807, 2.05) is 0 Å². The Labute approximate surface area is 660 Å². The lowest BCUT2D eigenvalue weighted by Crippen LogP contribution is -2.62. The third-order valence-corrected chi connectivity index (χ3v) is 36.2. The molecule has 4 aliphatic carbocycles. The van der Waals surface area contributed by atoms with Gasteiger partial charge in [0, 0.05) is 129 Å². The number of hydrogen-bond donors (Lipinski definition) is 7. The summed E-state index contributed by atoms with van der Waals surface area (Å²) >= 11 is 17.3. The van der Waals surface area contributed by atoms with E-state index < -0.39 is 0 Å². The van der Waals surface area contributed by atoms with Crippen molar-refractivity contribution < 1.29 is 0 Å². The SMILES string of the molecule is Cc1ccc(SC2CCC(Sc3ccc(C)cc3)C3C4NC(NC5NC(NC6C7C(Sc8ccc(C)cc8)CCC(Sc8ccc(C)cc8)C7C(NC7NC(N4)C4C(Sc8ccc(C)cc8)CCC(Sc8ccc(C)cc8)C74)N6C)C4C(Sc6ccc(C)cc6)CCC(Sc6ccc(C)cc6)C54)C23)cc1. The quantitative estimate of drug-likeness (QED) is 0.0501. The van der Waals surface area contributed by atoms with Crippen molar-refractivity contribution in [2.24, 2.45) is 47.3 Å². The van der Waals surface area contributed by atoms with Crippen molar-refractivity contribution in [2.75, 3.05) is 7.05 Å². The topological polar surface area (TPSA) is 87.4 Å². The fraction of sp³-hybridized carbons (Fsp3) is 0.461. The van der Waals surface area contributed by atoms with Gasteiger partial charge in [-0.15, -0.1) is 94.1 Å². The molecule has 17 rings (SSSR count). The van der Waals surface area contributed by atoms with E-state index in [9.17, 15) is 0 Å². The summed E-state index contributed by atoms with van der Waals surface area (Å²) in [7, 11) is 2.54. The third kappa shape index (κ3) is 16.2. The Kier molecular flexibility index (Phi) is 22.9. The molecule has 8 nitrogen and oxygen atoms in total. The van der Waals surface area contributed by atoms with Gasteiger partial charge in [0.2, 0.25) is 0 Å². The lowest BCUT2D eigenvalue weighted by Gasteiger charge is -2.45. The van der Waals surface area contributed by atoms with Gasteiger partial charge in [-0.05, 0) is 211 Å². The summed E-state index contributed by atoms with van der Waals surface area (Å²) in [4.78, 5) is 14.0. The lowest BCUT2D eigenvalue weighted by atomic mass is 9.75. The molecule has 7 N–H and O–H groups in total. The van der Waals surface area contributed by atoms with Crippen molar-refractivity contribution in [1.29, 1.82) is 0 Å². The van der Waals surface area contributed by atoms with Gasteiger partial charge < -0.3 is 0 Å². The van der Waals surface area contributed by atoms with Crippen LogP contribution in [0.1, 0.15) is 95.9 Å². The molecule has 105 heavy (non-hydrogen) atoms. The number of nitrogens with one attached hydrogen (secondary N) is 7. The van der Waals surface area contributed by atoms with E-state index in [1.54, 1.807) is 0 Å². The first-order valence-corrected chi connectivity index (χ1v) is 46.1. The Morgan fingerprint density at radius 2 is 0.333 bits per heavy atom.